The van der Waals surface area contributed by atoms with Crippen molar-refractivity contribution in [2.75, 3.05) is 27.2 Å². The molecule has 0 aliphatic heterocycles. The standard InChI is InChI=1S/C25H30N8O3S/c1-25(2,13-32(3)4)12-26-23(35)19-8-7-18(37-19)16-10-20(28-15-5-6-15)33-21(29-16)14(11-27-33)9-17-22(34)31-24(36)30-17/h7-11,15,34H,5-6,12-13H2,1-4H3,(H,26,35)(H2,30,31,36)/b14-9+,28-20?. The zero-order chi connectivity index (χ0) is 26.3. The van der Waals surface area contributed by atoms with Crippen LogP contribution in [0.5, 0.6) is 5.88 Å². The Labute approximate surface area is 216 Å². The number of fused-ring (bicyclic) bond motifs is 1. The first-order valence-corrected chi connectivity index (χ1v) is 12.9. The van der Waals surface area contributed by atoms with Gasteiger partial charge in [-0.2, -0.15) is 9.61 Å². The van der Waals surface area contributed by atoms with Crippen LogP contribution < -0.4 is 21.7 Å². The van der Waals surface area contributed by atoms with Crippen molar-refractivity contribution < 1.29 is 9.90 Å². The Bertz CT molecular complexity index is 1640. The highest BCUT2D eigenvalue weighted by Crippen LogP contribution is 2.27. The molecule has 0 bridgehead atoms. The molecule has 12 heteroatoms. The van der Waals surface area contributed by atoms with E-state index in [-0.39, 0.29) is 28.9 Å². The molecule has 1 amide bonds. The largest absolute Gasteiger partial charge is 0.493 e. The number of rotatable bonds is 8. The number of H-pyrrole nitrogens is 2. The molecular weight excluding hydrogens is 492 g/mol. The van der Waals surface area contributed by atoms with Gasteiger partial charge in [0.25, 0.3) is 5.91 Å². The summed E-state index contributed by atoms with van der Waals surface area (Å²) in [7, 11) is 4.04. The Morgan fingerprint density at radius 3 is 2.81 bits per heavy atom. The van der Waals surface area contributed by atoms with E-state index in [2.05, 4.69) is 39.1 Å². The van der Waals surface area contributed by atoms with Crippen LogP contribution in [-0.2, 0) is 0 Å². The van der Waals surface area contributed by atoms with E-state index in [4.69, 9.17) is 9.98 Å². The second kappa shape index (κ2) is 9.60. The number of aromatic nitrogens is 5. The maximum atomic E-state index is 12.9. The molecule has 0 radical (unpaired) electrons. The second-order valence-corrected chi connectivity index (χ2v) is 11.5. The number of nitrogens with one attached hydrogen (secondary N) is 3. The highest BCUT2D eigenvalue weighted by Gasteiger charge is 2.22. The molecule has 4 N–H and O–H groups in total. The molecular formula is C25H30N8O3S. The summed E-state index contributed by atoms with van der Waals surface area (Å²) in [5, 5.41) is 18.1. The van der Waals surface area contributed by atoms with E-state index in [1.807, 2.05) is 32.3 Å². The fourth-order valence-electron chi connectivity index (χ4n) is 4.24. The van der Waals surface area contributed by atoms with Gasteiger partial charge in [-0.1, -0.05) is 13.8 Å². The number of aromatic hydroxyl groups is 1. The predicted octanol–water partition coefficient (Wildman–Crippen LogP) is 1.11. The normalized spacial score (nSPS) is 15.3. The lowest BCUT2D eigenvalue weighted by Crippen LogP contribution is -2.39. The molecule has 4 aromatic heterocycles. The Hall–Kier alpha value is -3.77. The predicted molar refractivity (Wildman–Crippen MR) is 141 cm³/mol. The third-order valence-corrected chi connectivity index (χ3v) is 7.04. The van der Waals surface area contributed by atoms with Gasteiger partial charge >= 0.3 is 5.69 Å². The first kappa shape index (κ1) is 24.9. The summed E-state index contributed by atoms with van der Waals surface area (Å²) in [5.41, 5.74) is 1.54. The van der Waals surface area contributed by atoms with Crippen molar-refractivity contribution in [1.29, 1.82) is 0 Å². The molecule has 0 aromatic carbocycles. The maximum absolute atomic E-state index is 12.9. The average molecular weight is 523 g/mol. The van der Waals surface area contributed by atoms with Gasteiger partial charge in [-0.15, -0.1) is 11.3 Å². The summed E-state index contributed by atoms with van der Waals surface area (Å²) in [6.07, 6.45) is 5.29. The van der Waals surface area contributed by atoms with Gasteiger partial charge in [0, 0.05) is 24.4 Å². The van der Waals surface area contributed by atoms with Crippen LogP contribution in [0.3, 0.4) is 0 Å². The third kappa shape index (κ3) is 5.65. The number of imidazole rings is 1. The van der Waals surface area contributed by atoms with Crippen LogP contribution in [0.25, 0.3) is 22.3 Å². The molecule has 5 rings (SSSR count). The fraction of sp³-hybridized carbons (Fsp3) is 0.400. The van der Waals surface area contributed by atoms with E-state index >= 15 is 0 Å². The zero-order valence-corrected chi connectivity index (χ0v) is 22.0. The van der Waals surface area contributed by atoms with Gasteiger partial charge in [-0.3, -0.25) is 14.8 Å². The monoisotopic (exact) mass is 522 g/mol. The molecule has 0 atom stereocenters. The first-order chi connectivity index (χ1) is 17.6. The molecule has 0 unspecified atom stereocenters. The molecule has 194 valence electrons. The highest BCUT2D eigenvalue weighted by atomic mass is 32.1. The minimum atomic E-state index is -0.507. The maximum Gasteiger partial charge on any atom is 0.326 e. The van der Waals surface area contributed by atoms with Crippen LogP contribution in [0, 0.1) is 5.41 Å². The minimum Gasteiger partial charge on any atom is -0.493 e. The number of aromatic amines is 2. The Kier molecular flexibility index (Phi) is 6.46. The fourth-order valence-corrected chi connectivity index (χ4v) is 5.12. The van der Waals surface area contributed by atoms with Crippen LogP contribution in [0.4, 0.5) is 0 Å². The Balaban J connectivity index is 1.50. The number of hydrogen-bond donors (Lipinski definition) is 4. The second-order valence-electron chi connectivity index (χ2n) is 10.4. The zero-order valence-electron chi connectivity index (χ0n) is 21.2. The molecule has 0 saturated heterocycles. The van der Waals surface area contributed by atoms with Gasteiger partial charge < -0.3 is 20.3 Å². The van der Waals surface area contributed by atoms with Gasteiger partial charge in [0.1, 0.15) is 5.69 Å². The summed E-state index contributed by atoms with van der Waals surface area (Å²) < 4.78 is 1.66. The number of amides is 1. The summed E-state index contributed by atoms with van der Waals surface area (Å²) in [4.78, 5) is 42.4. The summed E-state index contributed by atoms with van der Waals surface area (Å²) in [6.45, 7) is 5.68. The molecule has 0 spiro atoms. The van der Waals surface area contributed by atoms with Crippen LogP contribution in [-0.4, -0.2) is 73.7 Å². The van der Waals surface area contributed by atoms with Crippen LogP contribution in [0.1, 0.15) is 42.1 Å². The minimum absolute atomic E-state index is 0.0574. The number of thiophene rings is 1. The molecule has 1 fully saturated rings. The van der Waals surface area contributed by atoms with E-state index in [9.17, 15) is 14.7 Å². The van der Waals surface area contributed by atoms with E-state index < -0.39 is 5.69 Å². The van der Waals surface area contributed by atoms with Gasteiger partial charge in [0.05, 0.1) is 27.7 Å². The van der Waals surface area contributed by atoms with Crippen LogP contribution >= 0.6 is 11.3 Å². The lowest BCUT2D eigenvalue weighted by Gasteiger charge is -2.28. The van der Waals surface area contributed by atoms with E-state index in [1.165, 1.54) is 11.3 Å². The van der Waals surface area contributed by atoms with Crippen LogP contribution in [0.2, 0.25) is 0 Å². The molecule has 1 aliphatic rings. The van der Waals surface area contributed by atoms with Crippen LogP contribution in [0.15, 0.2) is 34.2 Å². The summed E-state index contributed by atoms with van der Waals surface area (Å²) in [5.74, 6) is -0.372. The number of carbonyl (C=O) groups is 1. The summed E-state index contributed by atoms with van der Waals surface area (Å²) >= 11 is 1.37. The Morgan fingerprint density at radius 1 is 1.35 bits per heavy atom. The van der Waals surface area contributed by atoms with Crippen molar-refractivity contribution in [1.82, 2.24) is 34.8 Å². The van der Waals surface area contributed by atoms with Crippen molar-refractivity contribution >= 4 is 29.0 Å². The van der Waals surface area contributed by atoms with Gasteiger partial charge in [0.15, 0.2) is 11.1 Å². The quantitative estimate of drug-likeness (QED) is 0.273. The van der Waals surface area contributed by atoms with Gasteiger partial charge in [0.2, 0.25) is 5.88 Å². The molecule has 11 nitrogen and oxygen atoms in total. The lowest BCUT2D eigenvalue weighted by molar-refractivity contribution is 0.0933. The smallest absolute Gasteiger partial charge is 0.326 e. The van der Waals surface area contributed by atoms with E-state index in [0.29, 0.717) is 33.5 Å². The van der Waals surface area contributed by atoms with Crippen molar-refractivity contribution in [2.24, 2.45) is 10.4 Å². The number of nitrogens with zero attached hydrogens (tertiary/aromatic N) is 5. The number of carbonyl (C=O) groups excluding carboxylic acids is 1. The molecule has 4 aromatic rings. The Morgan fingerprint density at radius 2 is 2.14 bits per heavy atom. The molecule has 37 heavy (non-hydrogen) atoms. The van der Waals surface area contributed by atoms with Crippen molar-refractivity contribution in [3.05, 3.63) is 56.2 Å². The van der Waals surface area contributed by atoms with Gasteiger partial charge in [-0.25, -0.2) is 9.78 Å². The SMILES string of the molecule is CN(C)CC(C)(C)CNC(=O)c1ccc(-c2cc(=NC3CC3)n3nc/c(=C\c4[nH]c(=O)[nH]c4O)c3n2)s1. The van der Waals surface area contributed by atoms with E-state index in [1.54, 1.807) is 16.8 Å². The summed E-state index contributed by atoms with van der Waals surface area (Å²) in [6, 6.07) is 5.84. The highest BCUT2D eigenvalue weighted by molar-refractivity contribution is 7.17. The first-order valence-electron chi connectivity index (χ1n) is 12.1. The number of hydrogen-bond acceptors (Lipinski definition) is 8. The van der Waals surface area contributed by atoms with Crippen molar-refractivity contribution in [3.63, 3.8) is 0 Å². The average Bonchev–Trinajstić information content (AvgIpc) is 3.20. The molecule has 1 aliphatic carbocycles. The third-order valence-electron chi connectivity index (χ3n) is 5.93. The lowest BCUT2D eigenvalue weighted by atomic mass is 9.93. The van der Waals surface area contributed by atoms with Gasteiger partial charge in [-0.05, 0) is 50.6 Å². The van der Waals surface area contributed by atoms with Crippen molar-refractivity contribution in [3.8, 4) is 16.5 Å². The molecule has 4 heterocycles. The van der Waals surface area contributed by atoms with E-state index in [0.717, 1.165) is 24.3 Å². The molecule has 1 saturated carbocycles. The van der Waals surface area contributed by atoms with Crippen molar-refractivity contribution in [2.45, 2.75) is 32.7 Å². The topological polar surface area (TPSA) is 144 Å².